The summed E-state index contributed by atoms with van der Waals surface area (Å²) in [6, 6.07) is 0.431. The molecular formula is C69H132N22O9+6. The third-order valence-electron chi connectivity index (χ3n) is 21.9. The monoisotopic (exact) mass is 1410 g/mol. The third kappa shape index (κ3) is 18.6. The van der Waals surface area contributed by atoms with Crippen LogP contribution >= 0.6 is 0 Å². The first-order valence-corrected chi connectivity index (χ1v) is 36.4. The number of rotatable bonds is 24. The zero-order valence-corrected chi connectivity index (χ0v) is 65.1. The molecule has 31 heteroatoms. The molecular weight excluding hydrogens is 1280 g/mol. The highest BCUT2D eigenvalue weighted by atomic mass is 16.5. The standard InChI is InChI=1S/C69H126N22O9/c1-58(2)31-43(32-59(3,4)86(58)92)73-52-76-49(79-55(82-52)98-46-37-64(13,14)89(95)65(15,16)38-46)70-25-28-85(29-26-71-50-77-53(74-44-33-60(5,6)87(93)61(7,8)34-44)83-56(80-50)99-47-39-66(17,18)90(96)67(19,20)40-47)30-27-72-51-78-54(75-45-35-62(9,10)88(94)63(11,12)36-45)84-57(81-51)100-48-41-68(21,22)91(97)69(23,24)42-48/h43-48,92-97H,25-42H2,1-24H3,(H2,70,73,76,79,82)(H2,71,74,77,80,83)(H2,72,75,78,81,84)/p+6. The smallest absolute Gasteiger partial charge is 0.323 e. The Morgan fingerprint density at radius 3 is 0.640 bits per heavy atom. The van der Waals surface area contributed by atoms with Crippen molar-refractivity contribution >= 4 is 35.7 Å². The number of aromatic nitrogens is 9. The Hall–Kier alpha value is -5.29. The van der Waals surface area contributed by atoms with Gasteiger partial charge in [0.25, 0.3) is 0 Å². The van der Waals surface area contributed by atoms with E-state index in [-0.39, 0.29) is 54.5 Å². The van der Waals surface area contributed by atoms with Crippen LogP contribution in [0.4, 0.5) is 35.7 Å². The Morgan fingerprint density at radius 2 is 0.450 bits per heavy atom. The summed E-state index contributed by atoms with van der Waals surface area (Å²) in [7, 11) is 0. The molecule has 3 aromatic rings. The van der Waals surface area contributed by atoms with E-state index in [1.54, 1.807) is 30.4 Å². The molecule has 0 aliphatic carbocycles. The molecule has 9 heterocycles. The average Bonchev–Trinajstić information content (AvgIpc) is 0.802. The summed E-state index contributed by atoms with van der Waals surface area (Å²) >= 11 is 0. The molecule has 3 aromatic heterocycles. The van der Waals surface area contributed by atoms with Crippen LogP contribution in [0.2, 0.25) is 0 Å². The van der Waals surface area contributed by atoms with Gasteiger partial charge in [0.05, 0.1) is 66.5 Å². The third-order valence-corrected chi connectivity index (χ3v) is 21.9. The summed E-state index contributed by atoms with van der Waals surface area (Å²) in [5.41, 5.74) is -5.33. The molecule has 6 aliphatic heterocycles. The van der Waals surface area contributed by atoms with Crippen molar-refractivity contribution in [3.05, 3.63) is 0 Å². The van der Waals surface area contributed by atoms with Gasteiger partial charge in [-0.1, -0.05) is 30.4 Å². The van der Waals surface area contributed by atoms with Crippen molar-refractivity contribution in [1.82, 2.24) is 80.1 Å². The van der Waals surface area contributed by atoms with Crippen LogP contribution < -0.4 is 46.1 Å². The number of hydrogen-bond acceptors (Lipinski definition) is 25. The predicted molar refractivity (Wildman–Crippen MR) is 394 cm³/mol. The maximum absolute atomic E-state index is 8.98. The van der Waals surface area contributed by atoms with Crippen LogP contribution in [0, 0.1) is 0 Å². The highest BCUT2D eigenvalue weighted by Crippen LogP contribution is 2.44. The van der Waals surface area contributed by atoms with Gasteiger partial charge in [0, 0.05) is 95.9 Å². The van der Waals surface area contributed by atoms with Crippen LogP contribution in [0.1, 0.15) is 243 Å². The van der Waals surface area contributed by atoms with Crippen LogP contribution in [0.5, 0.6) is 18.0 Å². The van der Waals surface area contributed by atoms with Crippen molar-refractivity contribution in [3.63, 3.8) is 0 Å². The Morgan fingerprint density at radius 1 is 0.280 bits per heavy atom. The lowest BCUT2D eigenvalue weighted by molar-refractivity contribution is -0.255. The minimum atomic E-state index is -0.468. The second kappa shape index (κ2) is 28.3. The minimum absolute atomic E-state index is 0.0442. The number of ether oxygens (including phenoxy) is 3. The average molecular weight is 1410 g/mol. The maximum Gasteiger partial charge on any atom is 0.323 e. The quantitative estimate of drug-likeness (QED) is 0.0601. The molecule has 0 amide bonds. The zero-order valence-electron chi connectivity index (χ0n) is 65.1. The second-order valence-corrected chi connectivity index (χ2v) is 37.4. The largest absolute Gasteiger partial charge is 0.460 e. The van der Waals surface area contributed by atoms with Gasteiger partial charge in [-0.05, 0) is 205 Å². The minimum Gasteiger partial charge on any atom is -0.460 e. The molecule has 0 radical (unpaired) electrons. The van der Waals surface area contributed by atoms with E-state index in [0.717, 1.165) is 0 Å². The number of piperidine rings is 6. The van der Waals surface area contributed by atoms with E-state index >= 15 is 0 Å². The molecule has 18 N–H and O–H groups in total. The first-order chi connectivity index (χ1) is 45.8. The Bertz CT molecular complexity index is 2660. The first kappa shape index (κ1) is 78.8. The van der Waals surface area contributed by atoms with Crippen LogP contribution in [0.15, 0.2) is 0 Å². The lowest BCUT2D eigenvalue weighted by atomic mass is 9.79. The molecule has 566 valence electrons. The normalized spacial score (nSPS) is 25.8. The molecule has 0 bridgehead atoms. The molecule has 9 rings (SSSR count). The van der Waals surface area contributed by atoms with E-state index in [1.165, 1.54) is 0 Å². The Balaban J connectivity index is 1.00. The van der Waals surface area contributed by atoms with Crippen LogP contribution in [-0.4, -0.2) is 254 Å². The highest BCUT2D eigenvalue weighted by molar-refractivity contribution is 5.40. The van der Waals surface area contributed by atoms with Crippen molar-refractivity contribution in [2.24, 2.45) is 0 Å². The molecule has 0 aromatic carbocycles. The fourth-order valence-electron chi connectivity index (χ4n) is 17.9. The van der Waals surface area contributed by atoms with Gasteiger partial charge in [0.15, 0.2) is 0 Å². The van der Waals surface area contributed by atoms with E-state index in [2.05, 4.69) is 203 Å². The maximum atomic E-state index is 8.98. The van der Waals surface area contributed by atoms with Crippen LogP contribution in [0.3, 0.4) is 0 Å². The fraction of sp³-hybridized carbons (Fsp3) is 0.870. The summed E-state index contributed by atoms with van der Waals surface area (Å²) < 4.78 is 20.2. The van der Waals surface area contributed by atoms with Crippen molar-refractivity contribution in [2.75, 3.05) is 71.2 Å². The van der Waals surface area contributed by atoms with Gasteiger partial charge in [-0.2, -0.15) is 44.9 Å². The Kier molecular flexibility index (Phi) is 22.3. The number of nitrogens with one attached hydrogen (secondary N) is 6. The molecule has 0 atom stereocenters. The number of hydrogen-bond donors (Lipinski definition) is 6. The molecule has 6 aliphatic rings. The fourth-order valence-corrected chi connectivity index (χ4v) is 17.9. The first-order valence-electron chi connectivity index (χ1n) is 36.4. The van der Waals surface area contributed by atoms with Gasteiger partial charge in [-0.25, -0.2) is 0 Å². The highest BCUT2D eigenvalue weighted by Gasteiger charge is 2.55. The molecule has 0 unspecified atom stereocenters. The molecule has 0 saturated carbocycles. The van der Waals surface area contributed by atoms with E-state index in [0.29, 0.717) is 152 Å². The SMILES string of the molecule is CC1(C)CC(Nc2nc(NCCN(CCNc3nc(NC4CC(C)(C)N([OH2+])C(C)(C)C4)nc(OC4CC(C)(C)N([OH2+])C(C)(C)C4)n3)CCNc3nc(NC4CC(C)(C)N([OH2+])C(C)(C)C4)nc(OC4CC(C)(C)N([OH2+])C(C)(C)C4)n3)nc(OC3CC(C)(C)N([OH2+])C(C)(C)C3)n2)CC(C)(C)N1[OH2+]. The molecule has 0 spiro atoms. The number of hydroxylamine groups is 12. The summed E-state index contributed by atoms with van der Waals surface area (Å²) in [6.07, 6.45) is 6.95. The summed E-state index contributed by atoms with van der Waals surface area (Å²) in [4.78, 5) is 46.8. The number of anilines is 6. The van der Waals surface area contributed by atoms with Gasteiger partial charge in [0.1, 0.15) is 18.3 Å². The van der Waals surface area contributed by atoms with E-state index in [4.69, 9.17) is 90.3 Å². The lowest BCUT2D eigenvalue weighted by Crippen LogP contribution is -2.61. The second-order valence-electron chi connectivity index (χ2n) is 37.4. The van der Waals surface area contributed by atoms with Gasteiger partial charge < -0.3 is 77.4 Å². The molecule has 31 nitrogen and oxygen atoms in total. The van der Waals surface area contributed by atoms with Gasteiger partial charge >= 0.3 is 18.0 Å². The van der Waals surface area contributed by atoms with E-state index < -0.39 is 66.5 Å². The van der Waals surface area contributed by atoms with Crippen LogP contribution in [0.25, 0.3) is 0 Å². The van der Waals surface area contributed by atoms with E-state index in [1.807, 2.05) is 0 Å². The summed E-state index contributed by atoms with van der Waals surface area (Å²) in [6.45, 7) is 52.7. The van der Waals surface area contributed by atoms with Crippen molar-refractivity contribution in [3.8, 4) is 18.0 Å². The summed E-state index contributed by atoms with van der Waals surface area (Å²) in [5, 5.41) is 85.6. The van der Waals surface area contributed by atoms with Crippen molar-refractivity contribution in [2.45, 2.75) is 346 Å². The predicted octanol–water partition coefficient (Wildman–Crippen LogP) is 5.52. The molecule has 6 fully saturated rings. The van der Waals surface area contributed by atoms with Gasteiger partial charge in [-0.3, -0.25) is 4.90 Å². The van der Waals surface area contributed by atoms with E-state index in [9.17, 15) is 0 Å². The topological polar surface area (TPSA) is 376 Å². The van der Waals surface area contributed by atoms with Gasteiger partial charge in [0.2, 0.25) is 35.7 Å². The molecule has 6 saturated heterocycles. The molecule has 100 heavy (non-hydrogen) atoms. The zero-order chi connectivity index (χ0) is 74.2. The number of nitrogens with zero attached hydrogens (tertiary/aromatic N) is 16. The lowest BCUT2D eigenvalue weighted by Gasteiger charge is -2.48. The van der Waals surface area contributed by atoms with Crippen molar-refractivity contribution in [1.29, 1.82) is 0 Å². The Labute approximate surface area is 594 Å². The summed E-state index contributed by atoms with van der Waals surface area (Å²) in [5.74, 6) is 2.15. The van der Waals surface area contributed by atoms with Crippen molar-refractivity contribution < 1.29 is 45.5 Å². The van der Waals surface area contributed by atoms with Crippen LogP contribution in [-0.2, 0) is 0 Å². The van der Waals surface area contributed by atoms with Gasteiger partial charge in [-0.15, -0.1) is 0 Å².